The number of hydrogen-bond donors (Lipinski definition) is 2. The molecule has 0 saturated heterocycles. The summed E-state index contributed by atoms with van der Waals surface area (Å²) >= 11 is 4.71. The summed E-state index contributed by atoms with van der Waals surface area (Å²) in [4.78, 5) is 24.4. The third-order valence-corrected chi connectivity index (χ3v) is 8.26. The van der Waals surface area contributed by atoms with Gasteiger partial charge in [-0.1, -0.05) is 24.8 Å². The van der Waals surface area contributed by atoms with Crippen LogP contribution in [0.5, 0.6) is 11.8 Å². The second-order valence-electron chi connectivity index (χ2n) is 8.87. The minimum atomic E-state index is -2.83. The number of pyridine rings is 1. The number of nitrogens with one attached hydrogen (secondary N) is 1. The Morgan fingerprint density at radius 2 is 2.02 bits per heavy atom. The minimum absolute atomic E-state index is 0.0124. The van der Waals surface area contributed by atoms with Crippen molar-refractivity contribution in [2.45, 2.75) is 19.9 Å². The molecule has 0 saturated carbocycles. The molecule has 5 rings (SSSR count). The molecule has 208 valence electrons. The Balaban J connectivity index is 1.66. The number of hydrogen-bond acceptors (Lipinski definition) is 7. The number of aryl methyl sites for hydroxylation is 1. The van der Waals surface area contributed by atoms with Gasteiger partial charge in [0.05, 0.1) is 9.17 Å². The zero-order chi connectivity index (χ0) is 29.3. The SMILES string of the molecule is C=CC(=O)NCc1ccc(-c2sc3c(Br)cnc(N)c3c2-c2ccc(Oc3nccc(C)n3)c(F)c2)c(C(F)F)c1. The molecule has 41 heavy (non-hydrogen) atoms. The lowest BCUT2D eigenvalue weighted by Gasteiger charge is -2.14. The van der Waals surface area contributed by atoms with Gasteiger partial charge in [-0.2, -0.15) is 0 Å². The van der Waals surface area contributed by atoms with Crippen LogP contribution < -0.4 is 15.8 Å². The molecule has 5 aromatic rings. The molecule has 0 bridgehead atoms. The first-order valence-electron chi connectivity index (χ1n) is 12.1. The maximum absolute atomic E-state index is 15.4. The largest absolute Gasteiger partial charge is 0.421 e. The third kappa shape index (κ3) is 5.79. The predicted molar refractivity (Wildman–Crippen MR) is 156 cm³/mol. The van der Waals surface area contributed by atoms with Crippen LogP contribution in [-0.4, -0.2) is 20.9 Å². The summed E-state index contributed by atoms with van der Waals surface area (Å²) in [6, 6.07) is 10.5. The normalized spacial score (nSPS) is 11.2. The van der Waals surface area contributed by atoms with Crippen molar-refractivity contribution in [2.75, 3.05) is 5.73 Å². The molecule has 3 aromatic heterocycles. The number of ether oxygens (including phenoxy) is 1. The molecule has 0 aliphatic heterocycles. The Kier molecular flexibility index (Phi) is 8.04. The number of nitrogens with two attached hydrogens (primary N) is 1. The predicted octanol–water partition coefficient (Wildman–Crippen LogP) is 7.74. The lowest BCUT2D eigenvalue weighted by atomic mass is 9.95. The van der Waals surface area contributed by atoms with Crippen LogP contribution in [0.4, 0.5) is 19.0 Å². The van der Waals surface area contributed by atoms with Gasteiger partial charge in [0.25, 0.3) is 6.43 Å². The van der Waals surface area contributed by atoms with E-state index in [-0.39, 0.29) is 35.2 Å². The molecule has 0 fully saturated rings. The second kappa shape index (κ2) is 11.7. The molecule has 12 heteroatoms. The molecule has 0 unspecified atom stereocenters. The number of rotatable bonds is 8. The van der Waals surface area contributed by atoms with E-state index in [1.54, 1.807) is 31.2 Å². The third-order valence-electron chi connectivity index (χ3n) is 6.14. The number of carbonyl (C=O) groups is 1. The van der Waals surface area contributed by atoms with E-state index >= 15 is 4.39 Å². The molecule has 0 aliphatic carbocycles. The van der Waals surface area contributed by atoms with Crippen molar-refractivity contribution >= 4 is 49.1 Å². The Hall–Kier alpha value is -4.29. The van der Waals surface area contributed by atoms with Crippen molar-refractivity contribution in [2.24, 2.45) is 0 Å². The van der Waals surface area contributed by atoms with Gasteiger partial charge in [-0.25, -0.2) is 28.1 Å². The van der Waals surface area contributed by atoms with Crippen LogP contribution in [-0.2, 0) is 11.3 Å². The molecule has 3 heterocycles. The maximum Gasteiger partial charge on any atom is 0.322 e. The standard InChI is InChI=1S/C29H21BrF3N5O2S/c1-3-22(39)36-12-15-4-6-17(18(10-15)27(32)33)25-23(24-26(41-25)19(30)13-37-28(24)34)16-5-7-21(20(31)11-16)40-29-35-9-8-14(2)38-29/h3-11,13,27H,1,12H2,2H3,(H2,34,37)(H,36,39). The summed E-state index contributed by atoms with van der Waals surface area (Å²) in [5.74, 6) is -1.07. The zero-order valence-electron chi connectivity index (χ0n) is 21.4. The number of anilines is 1. The zero-order valence-corrected chi connectivity index (χ0v) is 23.8. The lowest BCUT2D eigenvalue weighted by molar-refractivity contribution is -0.116. The first kappa shape index (κ1) is 28.2. The van der Waals surface area contributed by atoms with Gasteiger partial charge in [-0.3, -0.25) is 4.79 Å². The molecular formula is C29H21BrF3N5O2S. The number of benzene rings is 2. The smallest absolute Gasteiger partial charge is 0.322 e. The van der Waals surface area contributed by atoms with Crippen LogP contribution in [0.3, 0.4) is 0 Å². The average molecular weight is 640 g/mol. The fourth-order valence-corrected chi connectivity index (χ4v) is 6.07. The number of nitrogens with zero attached hydrogens (tertiary/aromatic N) is 3. The Bertz CT molecular complexity index is 1810. The number of aromatic nitrogens is 3. The van der Waals surface area contributed by atoms with E-state index in [1.165, 1.54) is 41.9 Å². The Morgan fingerprint density at radius 1 is 1.22 bits per heavy atom. The molecule has 0 atom stereocenters. The summed E-state index contributed by atoms with van der Waals surface area (Å²) in [7, 11) is 0. The molecule has 2 aromatic carbocycles. The molecular weight excluding hydrogens is 619 g/mol. The minimum Gasteiger partial charge on any atom is -0.421 e. The first-order valence-corrected chi connectivity index (χ1v) is 13.7. The van der Waals surface area contributed by atoms with E-state index in [2.05, 4.69) is 42.8 Å². The second-order valence-corrected chi connectivity index (χ2v) is 10.7. The molecule has 0 aliphatic rings. The van der Waals surface area contributed by atoms with Crippen LogP contribution in [0.25, 0.3) is 31.7 Å². The van der Waals surface area contributed by atoms with Crippen LogP contribution in [0, 0.1) is 12.7 Å². The number of halogens is 4. The molecule has 7 nitrogen and oxygen atoms in total. The summed E-state index contributed by atoms with van der Waals surface area (Å²) in [6.07, 6.45) is 1.30. The summed E-state index contributed by atoms with van der Waals surface area (Å²) in [5, 5.41) is 3.08. The van der Waals surface area contributed by atoms with E-state index in [0.717, 1.165) is 6.08 Å². The highest BCUT2D eigenvalue weighted by atomic mass is 79.9. The van der Waals surface area contributed by atoms with E-state index in [9.17, 15) is 13.6 Å². The van der Waals surface area contributed by atoms with Gasteiger partial charge in [0.1, 0.15) is 5.82 Å². The van der Waals surface area contributed by atoms with E-state index in [4.69, 9.17) is 10.5 Å². The van der Waals surface area contributed by atoms with Crippen LogP contribution >= 0.6 is 27.3 Å². The van der Waals surface area contributed by atoms with Gasteiger partial charge in [0.15, 0.2) is 11.6 Å². The Morgan fingerprint density at radius 3 is 2.73 bits per heavy atom. The van der Waals surface area contributed by atoms with Crippen molar-refractivity contribution < 1.29 is 22.7 Å². The van der Waals surface area contributed by atoms with Gasteiger partial charge in [0.2, 0.25) is 5.91 Å². The Labute approximate surface area is 245 Å². The van der Waals surface area contributed by atoms with Crippen LogP contribution in [0.2, 0.25) is 0 Å². The van der Waals surface area contributed by atoms with Gasteiger partial charge >= 0.3 is 6.01 Å². The van der Waals surface area contributed by atoms with Crippen molar-refractivity contribution in [1.82, 2.24) is 20.3 Å². The summed E-state index contributed by atoms with van der Waals surface area (Å²) in [5.41, 5.74) is 8.25. The summed E-state index contributed by atoms with van der Waals surface area (Å²) in [6.45, 7) is 5.19. The van der Waals surface area contributed by atoms with Gasteiger partial charge in [-0.15, -0.1) is 11.3 Å². The topological polar surface area (TPSA) is 103 Å². The van der Waals surface area contributed by atoms with Crippen molar-refractivity contribution in [3.8, 4) is 33.3 Å². The van der Waals surface area contributed by atoms with E-state index in [1.807, 2.05) is 0 Å². The monoisotopic (exact) mass is 639 g/mol. The van der Waals surface area contributed by atoms with Crippen LogP contribution in [0.1, 0.15) is 23.2 Å². The number of fused-ring (bicyclic) bond motifs is 1. The van der Waals surface area contributed by atoms with Gasteiger partial charge < -0.3 is 15.8 Å². The average Bonchev–Trinajstić information content (AvgIpc) is 3.36. The summed E-state index contributed by atoms with van der Waals surface area (Å²) < 4.78 is 51.1. The van der Waals surface area contributed by atoms with Crippen LogP contribution in [0.15, 0.2) is 72.0 Å². The highest BCUT2D eigenvalue weighted by Crippen LogP contribution is 2.50. The quantitative estimate of drug-likeness (QED) is 0.168. The van der Waals surface area contributed by atoms with Crippen molar-refractivity contribution in [1.29, 1.82) is 0 Å². The van der Waals surface area contributed by atoms with Crippen molar-refractivity contribution in [3.63, 3.8) is 0 Å². The van der Waals surface area contributed by atoms with Crippen molar-refractivity contribution in [3.05, 3.63) is 94.6 Å². The fourth-order valence-electron chi connectivity index (χ4n) is 4.24. The number of nitrogen functional groups attached to an aromatic ring is 1. The lowest BCUT2D eigenvalue weighted by Crippen LogP contribution is -2.20. The first-order chi connectivity index (χ1) is 19.7. The number of alkyl halides is 2. The van der Waals surface area contributed by atoms with E-state index in [0.29, 0.717) is 41.8 Å². The van der Waals surface area contributed by atoms with E-state index < -0.39 is 18.1 Å². The number of carbonyl (C=O) groups excluding carboxylic acids is 1. The molecule has 0 radical (unpaired) electrons. The molecule has 3 N–H and O–H groups in total. The number of thiophene rings is 1. The molecule has 0 spiro atoms. The fraction of sp³-hybridized carbons (Fsp3) is 0.103. The molecule has 1 amide bonds. The van der Waals surface area contributed by atoms with Gasteiger partial charge in [0, 0.05) is 51.6 Å². The maximum atomic E-state index is 15.4. The number of amides is 1. The van der Waals surface area contributed by atoms with Gasteiger partial charge in [-0.05, 0) is 64.3 Å². The highest BCUT2D eigenvalue weighted by Gasteiger charge is 2.25. The highest BCUT2D eigenvalue weighted by molar-refractivity contribution is 9.10.